The van der Waals surface area contributed by atoms with Crippen LogP contribution in [0.4, 0.5) is 5.69 Å². The monoisotopic (exact) mass is 441 g/mol. The van der Waals surface area contributed by atoms with Crippen molar-refractivity contribution in [3.63, 3.8) is 0 Å². The van der Waals surface area contributed by atoms with Gasteiger partial charge in [-0.1, -0.05) is 80.6 Å². The molecule has 5 nitrogen and oxygen atoms in total. The Bertz CT molecular complexity index is 1170. The van der Waals surface area contributed by atoms with Crippen LogP contribution in [0.15, 0.2) is 84.9 Å². The molecule has 0 spiro atoms. The van der Waals surface area contributed by atoms with Crippen molar-refractivity contribution < 1.29 is 19.1 Å². The number of carbonyl (C=O) groups is 3. The van der Waals surface area contributed by atoms with Crippen molar-refractivity contribution >= 4 is 23.3 Å². The summed E-state index contributed by atoms with van der Waals surface area (Å²) in [7, 11) is 0. The van der Waals surface area contributed by atoms with E-state index < -0.39 is 23.4 Å². The van der Waals surface area contributed by atoms with Gasteiger partial charge in [0.15, 0.2) is 11.9 Å². The van der Waals surface area contributed by atoms with E-state index in [0.717, 1.165) is 5.69 Å². The molecule has 0 unspecified atom stereocenters. The molecule has 0 aromatic heterocycles. The Labute approximate surface area is 194 Å². The van der Waals surface area contributed by atoms with Gasteiger partial charge < -0.3 is 9.64 Å². The van der Waals surface area contributed by atoms with Crippen LogP contribution in [0, 0.1) is 5.41 Å². The molecule has 1 heterocycles. The molecular weight excluding hydrogens is 414 g/mol. The Balaban J connectivity index is 1.51. The van der Waals surface area contributed by atoms with Crippen molar-refractivity contribution in [2.24, 2.45) is 5.41 Å². The van der Waals surface area contributed by atoms with Gasteiger partial charge in [0.25, 0.3) is 5.91 Å². The molecule has 1 aliphatic rings. The van der Waals surface area contributed by atoms with E-state index in [1.807, 2.05) is 62.4 Å². The summed E-state index contributed by atoms with van der Waals surface area (Å²) in [5, 5.41) is 0. The number of hydrogen-bond acceptors (Lipinski definition) is 4. The van der Waals surface area contributed by atoms with Crippen LogP contribution in [-0.4, -0.2) is 30.3 Å². The topological polar surface area (TPSA) is 63.7 Å². The molecule has 0 radical (unpaired) electrons. The van der Waals surface area contributed by atoms with E-state index in [0.29, 0.717) is 23.2 Å². The van der Waals surface area contributed by atoms with Gasteiger partial charge in [0.05, 0.1) is 5.92 Å². The molecule has 2 atom stereocenters. The number of amides is 1. The minimum Gasteiger partial charge on any atom is -0.451 e. The van der Waals surface area contributed by atoms with Gasteiger partial charge in [0.1, 0.15) is 0 Å². The molecule has 168 valence electrons. The fraction of sp³-hybridized carbons (Fsp3) is 0.250. The molecule has 33 heavy (non-hydrogen) atoms. The van der Waals surface area contributed by atoms with Crippen LogP contribution in [0.2, 0.25) is 0 Å². The summed E-state index contributed by atoms with van der Waals surface area (Å²) in [6, 6.07) is 25.4. The van der Waals surface area contributed by atoms with Gasteiger partial charge in [-0.3, -0.25) is 14.4 Å². The second-order valence-corrected chi connectivity index (χ2v) is 9.11. The number of ether oxygens (including phenoxy) is 1. The van der Waals surface area contributed by atoms with Gasteiger partial charge >= 0.3 is 5.97 Å². The fourth-order valence-electron chi connectivity index (χ4n) is 4.14. The average molecular weight is 442 g/mol. The number of hydrogen-bond donors (Lipinski definition) is 0. The Morgan fingerprint density at radius 3 is 2.18 bits per heavy atom. The van der Waals surface area contributed by atoms with E-state index in [2.05, 4.69) is 0 Å². The summed E-state index contributed by atoms with van der Waals surface area (Å²) in [5.41, 5.74) is 2.02. The van der Waals surface area contributed by atoms with Crippen LogP contribution in [-0.2, 0) is 14.3 Å². The predicted octanol–water partition coefficient (Wildman–Crippen LogP) is 5.01. The molecule has 0 saturated carbocycles. The van der Waals surface area contributed by atoms with Crippen LogP contribution in [0.3, 0.4) is 0 Å². The first kappa shape index (κ1) is 22.5. The van der Waals surface area contributed by atoms with Gasteiger partial charge in [0, 0.05) is 28.8 Å². The maximum atomic E-state index is 13.1. The zero-order chi connectivity index (χ0) is 23.6. The Morgan fingerprint density at radius 1 is 0.909 bits per heavy atom. The third-order valence-electron chi connectivity index (χ3n) is 6.11. The highest BCUT2D eigenvalue weighted by Gasteiger charge is 2.49. The first-order valence-corrected chi connectivity index (χ1v) is 11.0. The van der Waals surface area contributed by atoms with Crippen LogP contribution in [0.25, 0.3) is 0 Å². The molecule has 0 bridgehead atoms. The lowest BCUT2D eigenvalue weighted by Gasteiger charge is -2.25. The van der Waals surface area contributed by atoms with E-state index in [1.165, 1.54) is 0 Å². The first-order chi connectivity index (χ1) is 15.8. The number of esters is 1. The Hall–Kier alpha value is -3.73. The van der Waals surface area contributed by atoms with E-state index in [-0.39, 0.29) is 11.7 Å². The molecule has 5 heteroatoms. The standard InChI is InChI=1S/C28H27NO4/c1-19(21-13-10-14-22(17-21)24(30)20-11-6-4-7-12-20)27(32)33-25-26(31)29(18-28(25,2)3)23-15-8-5-9-16-23/h4-17,19,25H,18H2,1-3H3/t19-,25+/m1/s1. The molecule has 1 fully saturated rings. The normalized spacial score (nSPS) is 18.1. The van der Waals surface area contributed by atoms with E-state index in [1.54, 1.807) is 48.2 Å². The first-order valence-electron chi connectivity index (χ1n) is 11.0. The summed E-state index contributed by atoms with van der Waals surface area (Å²) in [6.07, 6.45) is -0.873. The van der Waals surface area contributed by atoms with E-state index in [4.69, 9.17) is 4.74 Å². The third-order valence-corrected chi connectivity index (χ3v) is 6.11. The number of benzene rings is 3. The quantitative estimate of drug-likeness (QED) is 0.399. The molecular formula is C28H27NO4. The summed E-state index contributed by atoms with van der Waals surface area (Å²) < 4.78 is 5.78. The lowest BCUT2D eigenvalue weighted by Crippen LogP contribution is -2.37. The summed E-state index contributed by atoms with van der Waals surface area (Å²) >= 11 is 0. The molecule has 1 saturated heterocycles. The van der Waals surface area contributed by atoms with Crippen LogP contribution < -0.4 is 4.90 Å². The lowest BCUT2D eigenvalue weighted by atomic mass is 9.89. The highest BCUT2D eigenvalue weighted by molar-refractivity contribution is 6.09. The van der Waals surface area contributed by atoms with E-state index >= 15 is 0 Å². The van der Waals surface area contributed by atoms with Crippen molar-refractivity contribution in [1.82, 2.24) is 0 Å². The Kier molecular flexibility index (Phi) is 6.14. The zero-order valence-corrected chi connectivity index (χ0v) is 19.0. The zero-order valence-electron chi connectivity index (χ0n) is 19.0. The molecule has 3 aromatic rings. The lowest BCUT2D eigenvalue weighted by molar-refractivity contribution is -0.159. The minimum atomic E-state index is -0.873. The SMILES string of the molecule is C[C@@H](C(=O)O[C@H]1C(=O)N(c2ccccc2)CC1(C)C)c1cccc(C(=O)c2ccccc2)c1. The second kappa shape index (κ2) is 9.02. The molecule has 0 N–H and O–H groups in total. The van der Waals surface area contributed by atoms with Crippen molar-refractivity contribution in [1.29, 1.82) is 0 Å². The highest BCUT2D eigenvalue weighted by Crippen LogP contribution is 2.37. The van der Waals surface area contributed by atoms with Crippen LogP contribution in [0.5, 0.6) is 0 Å². The smallest absolute Gasteiger partial charge is 0.313 e. The van der Waals surface area contributed by atoms with Crippen molar-refractivity contribution in [2.45, 2.75) is 32.8 Å². The molecule has 1 aliphatic heterocycles. The van der Waals surface area contributed by atoms with Crippen molar-refractivity contribution in [3.8, 4) is 0 Å². The van der Waals surface area contributed by atoms with Gasteiger partial charge in [0.2, 0.25) is 0 Å². The van der Waals surface area contributed by atoms with Gasteiger partial charge in [-0.25, -0.2) is 0 Å². The number of carbonyl (C=O) groups excluding carboxylic acids is 3. The van der Waals surface area contributed by atoms with Gasteiger partial charge in [-0.05, 0) is 30.7 Å². The number of anilines is 1. The number of rotatable bonds is 6. The minimum absolute atomic E-state index is 0.108. The van der Waals surface area contributed by atoms with Gasteiger partial charge in [-0.15, -0.1) is 0 Å². The fourth-order valence-corrected chi connectivity index (χ4v) is 4.14. The largest absolute Gasteiger partial charge is 0.451 e. The number of para-hydroxylation sites is 1. The summed E-state index contributed by atoms with van der Waals surface area (Å²) in [5.74, 6) is -1.44. The number of nitrogens with zero attached hydrogens (tertiary/aromatic N) is 1. The summed E-state index contributed by atoms with van der Waals surface area (Å²) in [4.78, 5) is 40.6. The molecule has 1 amide bonds. The van der Waals surface area contributed by atoms with Crippen molar-refractivity contribution in [3.05, 3.63) is 102 Å². The molecule has 3 aromatic carbocycles. The van der Waals surface area contributed by atoms with Crippen LogP contribution in [0.1, 0.15) is 48.2 Å². The maximum Gasteiger partial charge on any atom is 0.313 e. The highest BCUT2D eigenvalue weighted by atomic mass is 16.6. The van der Waals surface area contributed by atoms with E-state index in [9.17, 15) is 14.4 Å². The summed E-state index contributed by atoms with van der Waals surface area (Å²) in [6.45, 7) is 6.05. The maximum absolute atomic E-state index is 13.1. The molecule has 0 aliphatic carbocycles. The third kappa shape index (κ3) is 4.58. The number of ketones is 1. The average Bonchev–Trinajstić information content (AvgIpc) is 3.07. The van der Waals surface area contributed by atoms with Crippen LogP contribution >= 0.6 is 0 Å². The Morgan fingerprint density at radius 2 is 1.52 bits per heavy atom. The van der Waals surface area contributed by atoms with Crippen molar-refractivity contribution in [2.75, 3.05) is 11.4 Å². The van der Waals surface area contributed by atoms with Gasteiger partial charge in [-0.2, -0.15) is 0 Å². The predicted molar refractivity (Wildman–Crippen MR) is 127 cm³/mol. The molecule has 4 rings (SSSR count). The second-order valence-electron chi connectivity index (χ2n) is 9.11.